The third-order valence-electron chi connectivity index (χ3n) is 2.49. The Morgan fingerprint density at radius 1 is 1.35 bits per heavy atom. The third kappa shape index (κ3) is 1.40. The molecule has 0 radical (unpaired) electrons. The van der Waals surface area contributed by atoms with Crippen molar-refractivity contribution >= 4 is 42.9 Å². The fourth-order valence-corrected chi connectivity index (χ4v) is 2.94. The van der Waals surface area contributed by atoms with E-state index in [1.54, 1.807) is 12.1 Å². The molecule has 0 saturated heterocycles. The SMILES string of the molecule is O=C(O)c1cnc2ccc3n[se][nH]c3c2c1=O. The first-order valence-electron chi connectivity index (χ1n) is 4.67. The molecule has 2 heterocycles. The maximum atomic E-state index is 12.0. The summed E-state index contributed by atoms with van der Waals surface area (Å²) in [5.41, 5.74) is 0.952. The Hall–Kier alpha value is -1.98. The molecule has 3 aromatic rings. The van der Waals surface area contributed by atoms with Gasteiger partial charge in [0.2, 0.25) is 0 Å². The number of rotatable bonds is 1. The van der Waals surface area contributed by atoms with Gasteiger partial charge in [0.15, 0.2) is 0 Å². The van der Waals surface area contributed by atoms with Crippen molar-refractivity contribution in [3.63, 3.8) is 0 Å². The Balaban J connectivity index is 2.60. The summed E-state index contributed by atoms with van der Waals surface area (Å²) in [5.74, 6) is -1.26. The monoisotopic (exact) mass is 295 g/mol. The molecule has 0 fully saturated rings. The van der Waals surface area contributed by atoms with Crippen molar-refractivity contribution in [3.05, 3.63) is 34.1 Å². The van der Waals surface area contributed by atoms with Gasteiger partial charge < -0.3 is 0 Å². The van der Waals surface area contributed by atoms with Crippen LogP contribution in [0.25, 0.3) is 21.9 Å². The Bertz CT molecular complexity index is 805. The number of carboxylic acids is 1. The minimum absolute atomic E-state index is 0.137. The molecule has 0 bridgehead atoms. The average molecular weight is 294 g/mol. The summed E-state index contributed by atoms with van der Waals surface area (Å²) in [4.78, 5) is 26.9. The summed E-state index contributed by atoms with van der Waals surface area (Å²) in [6, 6.07) is 3.44. The second-order valence-corrected chi connectivity index (χ2v) is 4.64. The van der Waals surface area contributed by atoms with Crippen molar-refractivity contribution in [1.82, 2.24) is 12.9 Å². The third-order valence-corrected chi connectivity index (χ3v) is 3.71. The van der Waals surface area contributed by atoms with E-state index in [0.717, 1.165) is 6.20 Å². The van der Waals surface area contributed by atoms with Crippen LogP contribution in [0.3, 0.4) is 0 Å². The van der Waals surface area contributed by atoms with Crippen LogP contribution in [0.1, 0.15) is 10.4 Å². The van der Waals surface area contributed by atoms with Gasteiger partial charge in [0, 0.05) is 0 Å². The molecule has 0 amide bonds. The van der Waals surface area contributed by atoms with E-state index in [-0.39, 0.29) is 20.5 Å². The van der Waals surface area contributed by atoms with E-state index in [0.29, 0.717) is 21.9 Å². The predicted octanol–water partition coefficient (Wildman–Crippen LogP) is 0.226. The Kier molecular flexibility index (Phi) is 2.10. The van der Waals surface area contributed by atoms with Crippen molar-refractivity contribution in [2.24, 2.45) is 0 Å². The van der Waals surface area contributed by atoms with Crippen LogP contribution < -0.4 is 5.43 Å². The van der Waals surface area contributed by atoms with Crippen LogP contribution in [0.4, 0.5) is 0 Å². The normalized spacial score (nSPS) is 11.1. The second-order valence-electron chi connectivity index (χ2n) is 3.44. The minimum atomic E-state index is -1.26. The first-order chi connectivity index (χ1) is 8.18. The summed E-state index contributed by atoms with van der Waals surface area (Å²) in [6.07, 6.45) is 1.09. The summed E-state index contributed by atoms with van der Waals surface area (Å²) < 4.78 is 7.22. The molecule has 0 saturated carbocycles. The number of aromatic nitrogens is 3. The molecule has 17 heavy (non-hydrogen) atoms. The molecule has 84 valence electrons. The van der Waals surface area contributed by atoms with Crippen molar-refractivity contribution in [3.8, 4) is 0 Å². The molecule has 2 aromatic heterocycles. The zero-order valence-electron chi connectivity index (χ0n) is 8.30. The van der Waals surface area contributed by atoms with Gasteiger partial charge in [-0.25, -0.2) is 0 Å². The van der Waals surface area contributed by atoms with E-state index < -0.39 is 11.4 Å². The molecule has 2 N–H and O–H groups in total. The quantitative estimate of drug-likeness (QED) is 0.626. The van der Waals surface area contributed by atoms with Gasteiger partial charge >= 0.3 is 99.8 Å². The first-order valence-corrected chi connectivity index (χ1v) is 6.30. The molecule has 0 aliphatic heterocycles. The number of carboxylic acid groups (broad SMARTS) is 1. The first kappa shape index (κ1) is 10.2. The van der Waals surface area contributed by atoms with E-state index in [9.17, 15) is 9.59 Å². The number of H-pyrrole nitrogens is 1. The number of carbonyl (C=O) groups is 1. The van der Waals surface area contributed by atoms with Crippen molar-refractivity contribution in [1.29, 1.82) is 0 Å². The molecule has 0 aliphatic rings. The number of pyridine rings is 1. The van der Waals surface area contributed by atoms with E-state index in [4.69, 9.17) is 5.11 Å². The Labute approximate surface area is 100 Å². The molecule has 0 atom stereocenters. The summed E-state index contributed by atoms with van der Waals surface area (Å²) in [5, 5.41) is 9.20. The van der Waals surface area contributed by atoms with E-state index in [2.05, 4.69) is 12.9 Å². The number of fused-ring (bicyclic) bond motifs is 3. The van der Waals surface area contributed by atoms with Gasteiger partial charge in [-0.3, -0.25) is 0 Å². The maximum absolute atomic E-state index is 12.0. The molecular weight excluding hydrogens is 289 g/mol. The number of benzene rings is 1. The standard InChI is InChI=1S/C10H5N3O3Se/c14-9-4(10(15)16)3-11-5-1-2-6-8(7(5)9)13-17-12-6/h1-3,13H,(H,15,16). The van der Waals surface area contributed by atoms with Gasteiger partial charge in [0.25, 0.3) is 0 Å². The fourth-order valence-electron chi connectivity index (χ4n) is 1.69. The van der Waals surface area contributed by atoms with Crippen LogP contribution in [-0.4, -0.2) is 39.0 Å². The molecule has 0 aliphatic carbocycles. The summed E-state index contributed by atoms with van der Waals surface area (Å²) in [7, 11) is 0. The molecular formula is C10H5N3O3Se. The van der Waals surface area contributed by atoms with Crippen molar-refractivity contribution in [2.45, 2.75) is 0 Å². The average Bonchev–Trinajstić information content (AvgIpc) is 2.76. The van der Waals surface area contributed by atoms with E-state index >= 15 is 0 Å². The number of hydrogen-bond acceptors (Lipinski definition) is 4. The number of aromatic amines is 1. The molecule has 0 unspecified atom stereocenters. The van der Waals surface area contributed by atoms with Gasteiger partial charge in [-0.05, 0) is 0 Å². The second kappa shape index (κ2) is 3.51. The van der Waals surface area contributed by atoms with Crippen LogP contribution in [0.2, 0.25) is 0 Å². The Morgan fingerprint density at radius 2 is 2.12 bits per heavy atom. The van der Waals surface area contributed by atoms with Crippen LogP contribution in [-0.2, 0) is 0 Å². The molecule has 7 heteroatoms. The molecule has 1 aromatic carbocycles. The van der Waals surface area contributed by atoms with Gasteiger partial charge in [0.05, 0.1) is 0 Å². The summed E-state index contributed by atoms with van der Waals surface area (Å²) in [6.45, 7) is 0. The topological polar surface area (TPSA) is 95.9 Å². The zero-order chi connectivity index (χ0) is 12.0. The van der Waals surface area contributed by atoms with Crippen LogP contribution in [0.5, 0.6) is 0 Å². The van der Waals surface area contributed by atoms with Crippen LogP contribution >= 0.6 is 0 Å². The number of nitrogens with one attached hydrogen (secondary N) is 1. The van der Waals surface area contributed by atoms with Crippen LogP contribution in [0.15, 0.2) is 23.1 Å². The number of nitrogens with zero attached hydrogens (tertiary/aromatic N) is 2. The fraction of sp³-hybridized carbons (Fsp3) is 0. The molecule has 3 rings (SSSR count). The van der Waals surface area contributed by atoms with E-state index in [1.807, 2.05) is 0 Å². The Morgan fingerprint density at radius 3 is 2.88 bits per heavy atom. The van der Waals surface area contributed by atoms with Crippen molar-refractivity contribution < 1.29 is 9.90 Å². The van der Waals surface area contributed by atoms with Crippen molar-refractivity contribution in [2.75, 3.05) is 0 Å². The predicted molar refractivity (Wildman–Crippen MR) is 61.6 cm³/mol. The molecule has 6 nitrogen and oxygen atoms in total. The summed E-state index contributed by atoms with van der Waals surface area (Å²) >= 11 is -0.137. The zero-order valence-corrected chi connectivity index (χ0v) is 10.0. The molecule has 0 spiro atoms. The number of hydrogen-bond donors (Lipinski definition) is 2. The van der Waals surface area contributed by atoms with Gasteiger partial charge in [0.1, 0.15) is 0 Å². The van der Waals surface area contributed by atoms with Gasteiger partial charge in [-0.2, -0.15) is 0 Å². The van der Waals surface area contributed by atoms with Gasteiger partial charge in [-0.1, -0.05) is 0 Å². The number of aromatic carboxylic acids is 1. The van der Waals surface area contributed by atoms with Gasteiger partial charge in [-0.15, -0.1) is 0 Å². The van der Waals surface area contributed by atoms with E-state index in [1.165, 1.54) is 0 Å². The van der Waals surface area contributed by atoms with Crippen LogP contribution in [0, 0.1) is 0 Å².